The van der Waals surface area contributed by atoms with Gasteiger partial charge in [0.2, 0.25) is 0 Å². The number of nitrogens with zero attached hydrogens (tertiary/aromatic N) is 2. The second-order valence-electron chi connectivity index (χ2n) is 4.12. The highest BCUT2D eigenvalue weighted by atomic mass is 16.3. The lowest BCUT2D eigenvalue weighted by molar-refractivity contribution is -0.277. The average Bonchev–Trinajstić information content (AvgIpc) is 2.36. The third-order valence-corrected chi connectivity index (χ3v) is 3.04. The van der Waals surface area contributed by atoms with Crippen LogP contribution in [0.25, 0.3) is 0 Å². The smallest absolute Gasteiger partial charge is 0.0927 e. The summed E-state index contributed by atoms with van der Waals surface area (Å²) in [7, 11) is 1.96. The van der Waals surface area contributed by atoms with Crippen LogP contribution in [0.15, 0.2) is 11.8 Å². The first-order chi connectivity index (χ1) is 8.14. The van der Waals surface area contributed by atoms with E-state index in [4.69, 9.17) is 5.11 Å². The van der Waals surface area contributed by atoms with Crippen LogP contribution in [0.4, 0.5) is 0 Å². The highest BCUT2D eigenvalue weighted by molar-refractivity contribution is 5.02. The Morgan fingerprint density at radius 2 is 2.06 bits per heavy atom. The molecule has 0 aliphatic carbocycles. The van der Waals surface area contributed by atoms with Gasteiger partial charge in [-0.05, 0) is 27.1 Å². The first kappa shape index (κ1) is 16.5. The lowest BCUT2D eigenvalue weighted by atomic mass is 10.2. The van der Waals surface area contributed by atoms with E-state index >= 15 is 0 Å². The molecule has 0 aromatic rings. The molecule has 0 aliphatic heterocycles. The Bertz CT molecular complexity index is 221. The van der Waals surface area contributed by atoms with Crippen LogP contribution in [0, 0.1) is 0 Å². The summed E-state index contributed by atoms with van der Waals surface area (Å²) in [6, 6.07) is 0. The molecule has 5 heteroatoms. The van der Waals surface area contributed by atoms with Crippen LogP contribution in [0.2, 0.25) is 0 Å². The third kappa shape index (κ3) is 5.61. The Kier molecular flexibility index (Phi) is 9.30. The van der Waals surface area contributed by atoms with Crippen molar-refractivity contribution in [2.24, 2.45) is 0 Å². The van der Waals surface area contributed by atoms with E-state index in [1.807, 2.05) is 13.2 Å². The van der Waals surface area contributed by atoms with Crippen LogP contribution >= 0.6 is 0 Å². The summed E-state index contributed by atoms with van der Waals surface area (Å²) in [5.41, 5.74) is 5.04. The van der Waals surface area contributed by atoms with Crippen molar-refractivity contribution in [2.45, 2.75) is 26.9 Å². The molecule has 0 spiro atoms. The van der Waals surface area contributed by atoms with Gasteiger partial charge < -0.3 is 16.2 Å². The Morgan fingerprint density at radius 3 is 2.41 bits per heavy atom. The Labute approximate surface area is 105 Å². The summed E-state index contributed by atoms with van der Waals surface area (Å²) < 4.78 is 0. The van der Waals surface area contributed by atoms with Gasteiger partial charge in [-0.25, -0.2) is 0 Å². The van der Waals surface area contributed by atoms with E-state index in [-0.39, 0.29) is 12.8 Å². The fourth-order valence-electron chi connectivity index (χ4n) is 1.90. The maximum atomic E-state index is 9.01. The summed E-state index contributed by atoms with van der Waals surface area (Å²) in [5.74, 6) is 0. The number of aliphatic hydroxyl groups is 1. The van der Waals surface area contributed by atoms with Crippen molar-refractivity contribution in [3.8, 4) is 0 Å². The Hall–Kier alpha value is -0.460. The molecule has 0 fully saturated rings. The van der Waals surface area contributed by atoms with Gasteiger partial charge in [0.05, 0.1) is 25.6 Å². The van der Waals surface area contributed by atoms with Crippen LogP contribution < -0.4 is 11.1 Å². The minimum atomic E-state index is 0.208. The predicted molar refractivity (Wildman–Crippen MR) is 71.1 cm³/mol. The largest absolute Gasteiger partial charge is 0.395 e. The van der Waals surface area contributed by atoms with E-state index in [1.54, 1.807) is 0 Å². The quantitative estimate of drug-likeness (QED) is 0.469. The Balaban J connectivity index is 4.56. The zero-order valence-electron chi connectivity index (χ0n) is 11.7. The average molecular weight is 245 g/mol. The SMILES string of the molecule is CCN(CCO)CN(CC)C(NC)C(C)=C[NH3+]. The number of nitrogens with one attached hydrogen (secondary N) is 1. The summed E-state index contributed by atoms with van der Waals surface area (Å²) in [6.45, 7) is 10.0. The van der Waals surface area contributed by atoms with Crippen molar-refractivity contribution in [1.82, 2.24) is 15.1 Å². The van der Waals surface area contributed by atoms with E-state index in [0.717, 1.165) is 26.3 Å². The molecule has 17 heavy (non-hydrogen) atoms. The molecule has 102 valence electrons. The molecule has 0 aromatic carbocycles. The lowest BCUT2D eigenvalue weighted by Gasteiger charge is -2.34. The lowest BCUT2D eigenvalue weighted by Crippen LogP contribution is -2.52. The van der Waals surface area contributed by atoms with Crippen LogP contribution in [0.3, 0.4) is 0 Å². The molecule has 5 N–H and O–H groups in total. The van der Waals surface area contributed by atoms with Gasteiger partial charge in [0.15, 0.2) is 0 Å². The maximum Gasteiger partial charge on any atom is 0.0927 e. The predicted octanol–water partition coefficient (Wildman–Crippen LogP) is -0.729. The Morgan fingerprint density at radius 1 is 1.41 bits per heavy atom. The minimum absolute atomic E-state index is 0.208. The van der Waals surface area contributed by atoms with Crippen molar-refractivity contribution in [3.63, 3.8) is 0 Å². The van der Waals surface area contributed by atoms with Crippen molar-refractivity contribution in [2.75, 3.05) is 40.0 Å². The second-order valence-corrected chi connectivity index (χ2v) is 4.12. The summed E-state index contributed by atoms with van der Waals surface area (Å²) >= 11 is 0. The van der Waals surface area contributed by atoms with E-state index < -0.39 is 0 Å². The normalized spacial score (nSPS) is 14.7. The maximum absolute atomic E-state index is 9.01. The van der Waals surface area contributed by atoms with Crippen LogP contribution in [0.1, 0.15) is 20.8 Å². The van der Waals surface area contributed by atoms with Crippen molar-refractivity contribution < 1.29 is 10.8 Å². The topological polar surface area (TPSA) is 66.4 Å². The van der Waals surface area contributed by atoms with Gasteiger partial charge in [0.25, 0.3) is 0 Å². The zero-order valence-corrected chi connectivity index (χ0v) is 11.7. The fourth-order valence-corrected chi connectivity index (χ4v) is 1.90. The number of hydrogen-bond donors (Lipinski definition) is 3. The summed E-state index contributed by atoms with van der Waals surface area (Å²) in [6.07, 6.45) is 2.11. The number of quaternary nitrogens is 1. The van der Waals surface area contributed by atoms with Crippen LogP contribution in [-0.4, -0.2) is 61.0 Å². The molecule has 0 radical (unpaired) electrons. The highest BCUT2D eigenvalue weighted by Crippen LogP contribution is 2.07. The molecule has 0 amide bonds. The molecule has 0 heterocycles. The van der Waals surface area contributed by atoms with Gasteiger partial charge in [-0.2, -0.15) is 0 Å². The first-order valence-corrected chi connectivity index (χ1v) is 6.34. The second kappa shape index (κ2) is 9.56. The fraction of sp³-hybridized carbons (Fsp3) is 0.833. The summed E-state index contributed by atoms with van der Waals surface area (Å²) in [5, 5.41) is 12.3. The number of hydrogen-bond acceptors (Lipinski definition) is 4. The zero-order chi connectivity index (χ0) is 13.3. The third-order valence-electron chi connectivity index (χ3n) is 3.04. The first-order valence-electron chi connectivity index (χ1n) is 6.34. The molecule has 1 unspecified atom stereocenters. The van der Waals surface area contributed by atoms with Gasteiger partial charge in [0, 0.05) is 12.1 Å². The van der Waals surface area contributed by atoms with Gasteiger partial charge in [-0.3, -0.25) is 9.80 Å². The van der Waals surface area contributed by atoms with Gasteiger partial charge in [-0.1, -0.05) is 13.8 Å². The van der Waals surface area contributed by atoms with Gasteiger partial charge in [-0.15, -0.1) is 0 Å². The molecular weight excluding hydrogens is 216 g/mol. The highest BCUT2D eigenvalue weighted by Gasteiger charge is 2.19. The molecule has 0 aliphatic rings. The van der Waals surface area contributed by atoms with Crippen molar-refractivity contribution in [1.29, 1.82) is 0 Å². The molecule has 1 atom stereocenters. The molecule has 0 aromatic heterocycles. The summed E-state index contributed by atoms with van der Waals surface area (Å²) in [4.78, 5) is 4.56. The van der Waals surface area contributed by atoms with E-state index in [1.165, 1.54) is 5.57 Å². The van der Waals surface area contributed by atoms with Gasteiger partial charge in [0.1, 0.15) is 0 Å². The van der Waals surface area contributed by atoms with Crippen molar-refractivity contribution in [3.05, 3.63) is 11.8 Å². The van der Waals surface area contributed by atoms with Crippen molar-refractivity contribution >= 4 is 0 Å². The molecule has 0 saturated heterocycles. The van der Waals surface area contributed by atoms with E-state index in [2.05, 4.69) is 41.6 Å². The minimum Gasteiger partial charge on any atom is -0.395 e. The number of likely N-dealkylation sites (N-methyl/N-ethyl adjacent to an activating group) is 3. The number of rotatable bonds is 9. The van der Waals surface area contributed by atoms with E-state index in [9.17, 15) is 0 Å². The molecule has 0 saturated carbocycles. The number of aliphatic hydroxyl groups excluding tert-OH is 1. The molecule has 0 bridgehead atoms. The standard InChI is InChI=1S/C12H28N4O/c1-5-15(7-8-17)10-16(6-2)12(14-4)11(3)9-13/h9,12,14,17H,5-8,10,13H2,1-4H3/p+1. The monoisotopic (exact) mass is 245 g/mol. The molecule has 5 nitrogen and oxygen atoms in total. The van der Waals surface area contributed by atoms with Gasteiger partial charge >= 0.3 is 0 Å². The molecule has 0 rings (SSSR count). The molecular formula is C12H29N4O+. The van der Waals surface area contributed by atoms with E-state index in [0.29, 0.717) is 0 Å². The van der Waals surface area contributed by atoms with Crippen LogP contribution in [0.5, 0.6) is 0 Å². The van der Waals surface area contributed by atoms with Crippen LogP contribution in [-0.2, 0) is 0 Å².